The van der Waals surface area contributed by atoms with Gasteiger partial charge in [0.25, 0.3) is 0 Å². The Morgan fingerprint density at radius 3 is 2.63 bits per heavy atom. The highest BCUT2D eigenvalue weighted by atomic mass is 16.7. The van der Waals surface area contributed by atoms with Crippen molar-refractivity contribution >= 4 is 23.4 Å². The number of ether oxygens (including phenoxy) is 2. The normalized spacial score (nSPS) is 14.9. The van der Waals surface area contributed by atoms with E-state index in [4.69, 9.17) is 9.47 Å². The van der Waals surface area contributed by atoms with Crippen molar-refractivity contribution in [2.45, 2.75) is 32.1 Å². The van der Waals surface area contributed by atoms with Crippen LogP contribution in [0.1, 0.15) is 32.1 Å². The number of hydrogen-bond acceptors (Lipinski definition) is 5. The summed E-state index contributed by atoms with van der Waals surface area (Å²) in [6.07, 6.45) is 7.50. The maximum atomic E-state index is 11.9. The van der Waals surface area contributed by atoms with Crippen LogP contribution >= 0.6 is 0 Å². The van der Waals surface area contributed by atoms with Crippen LogP contribution in [-0.4, -0.2) is 37.6 Å². The average Bonchev–Trinajstić information content (AvgIpc) is 3.14. The van der Waals surface area contributed by atoms with Crippen LogP contribution < -0.4 is 25.4 Å². The molecule has 1 aliphatic carbocycles. The van der Waals surface area contributed by atoms with E-state index in [0.29, 0.717) is 23.7 Å². The van der Waals surface area contributed by atoms with Gasteiger partial charge in [-0.2, -0.15) is 0 Å². The van der Waals surface area contributed by atoms with E-state index in [1.165, 1.54) is 18.4 Å². The van der Waals surface area contributed by atoms with E-state index in [9.17, 15) is 14.4 Å². The summed E-state index contributed by atoms with van der Waals surface area (Å²) >= 11 is 0. The van der Waals surface area contributed by atoms with Gasteiger partial charge in [-0.3, -0.25) is 14.4 Å². The van der Waals surface area contributed by atoms with Crippen LogP contribution in [0, 0.1) is 0 Å². The second-order valence-electron chi connectivity index (χ2n) is 6.41. The molecule has 1 aliphatic heterocycles. The molecule has 0 bridgehead atoms. The van der Waals surface area contributed by atoms with E-state index in [2.05, 4.69) is 22.0 Å². The van der Waals surface area contributed by atoms with Gasteiger partial charge in [0, 0.05) is 18.3 Å². The Bertz CT molecular complexity index is 760. The SMILES string of the molecule is O=C(CNC(=O)C(=O)NCCC1=CCCCC1)Nc1ccc2c(c1)OCO2. The highest BCUT2D eigenvalue weighted by Gasteiger charge is 2.16. The fourth-order valence-electron chi connectivity index (χ4n) is 2.97. The number of hydrogen-bond donors (Lipinski definition) is 3. The topological polar surface area (TPSA) is 106 Å². The lowest BCUT2D eigenvalue weighted by molar-refractivity contribution is -0.139. The summed E-state index contributed by atoms with van der Waals surface area (Å²) < 4.78 is 10.4. The lowest BCUT2D eigenvalue weighted by atomic mass is 9.97. The van der Waals surface area contributed by atoms with E-state index in [-0.39, 0.29) is 13.3 Å². The molecule has 8 nitrogen and oxygen atoms in total. The van der Waals surface area contributed by atoms with Crippen LogP contribution in [0.4, 0.5) is 5.69 Å². The van der Waals surface area contributed by atoms with Crippen LogP contribution in [0.2, 0.25) is 0 Å². The Hall–Kier alpha value is -3.03. The van der Waals surface area contributed by atoms with Gasteiger partial charge in [-0.1, -0.05) is 11.6 Å². The van der Waals surface area contributed by atoms with E-state index in [1.54, 1.807) is 18.2 Å². The second-order valence-corrected chi connectivity index (χ2v) is 6.41. The Morgan fingerprint density at radius 2 is 1.81 bits per heavy atom. The predicted octanol–water partition coefficient (Wildman–Crippen LogP) is 1.48. The molecule has 8 heteroatoms. The summed E-state index contributed by atoms with van der Waals surface area (Å²) in [6, 6.07) is 4.99. The molecule has 1 heterocycles. The number of nitrogens with one attached hydrogen (secondary N) is 3. The fourth-order valence-corrected chi connectivity index (χ4v) is 2.97. The molecule has 0 unspecified atom stereocenters. The Labute approximate surface area is 157 Å². The van der Waals surface area contributed by atoms with Gasteiger partial charge >= 0.3 is 11.8 Å². The first-order chi connectivity index (χ1) is 13.1. The zero-order valence-corrected chi connectivity index (χ0v) is 15.0. The summed E-state index contributed by atoms with van der Waals surface area (Å²) in [5.74, 6) is -0.843. The molecule has 3 amide bonds. The summed E-state index contributed by atoms with van der Waals surface area (Å²) in [6.45, 7) is 0.266. The first-order valence-corrected chi connectivity index (χ1v) is 9.05. The van der Waals surface area contributed by atoms with E-state index in [1.807, 2.05) is 0 Å². The molecular formula is C19H23N3O5. The number of benzene rings is 1. The first kappa shape index (κ1) is 18.8. The molecule has 3 N–H and O–H groups in total. The number of anilines is 1. The smallest absolute Gasteiger partial charge is 0.309 e. The Kier molecular flexibility index (Phi) is 6.30. The molecule has 0 saturated heterocycles. The lowest BCUT2D eigenvalue weighted by Crippen LogP contribution is -2.43. The maximum absolute atomic E-state index is 11.9. The largest absolute Gasteiger partial charge is 0.454 e. The predicted molar refractivity (Wildman–Crippen MR) is 98.4 cm³/mol. The number of rotatable bonds is 6. The van der Waals surface area contributed by atoms with Crippen molar-refractivity contribution < 1.29 is 23.9 Å². The van der Waals surface area contributed by atoms with Gasteiger partial charge < -0.3 is 25.4 Å². The molecule has 2 aliphatic rings. The van der Waals surface area contributed by atoms with Gasteiger partial charge in [-0.05, 0) is 44.2 Å². The van der Waals surface area contributed by atoms with E-state index < -0.39 is 17.7 Å². The molecule has 1 aromatic carbocycles. The molecule has 0 radical (unpaired) electrons. The van der Waals surface area contributed by atoms with Crippen molar-refractivity contribution in [1.29, 1.82) is 0 Å². The first-order valence-electron chi connectivity index (χ1n) is 9.05. The minimum Gasteiger partial charge on any atom is -0.454 e. The van der Waals surface area contributed by atoms with Crippen LogP contribution in [-0.2, 0) is 14.4 Å². The number of carbonyl (C=O) groups excluding carboxylic acids is 3. The van der Waals surface area contributed by atoms with Crippen molar-refractivity contribution in [3.8, 4) is 11.5 Å². The molecule has 0 atom stereocenters. The molecule has 0 saturated carbocycles. The minimum atomic E-state index is -0.825. The molecular weight excluding hydrogens is 350 g/mol. The molecule has 0 aromatic heterocycles. The van der Waals surface area contributed by atoms with E-state index in [0.717, 1.165) is 19.3 Å². The molecule has 0 spiro atoms. The Morgan fingerprint density at radius 1 is 1.00 bits per heavy atom. The zero-order chi connectivity index (χ0) is 19.1. The second kappa shape index (κ2) is 9.07. The number of carbonyl (C=O) groups is 3. The minimum absolute atomic E-state index is 0.148. The highest BCUT2D eigenvalue weighted by Crippen LogP contribution is 2.34. The van der Waals surface area contributed by atoms with Crippen molar-refractivity contribution in [2.24, 2.45) is 0 Å². The monoisotopic (exact) mass is 373 g/mol. The molecule has 27 heavy (non-hydrogen) atoms. The van der Waals surface area contributed by atoms with Crippen molar-refractivity contribution in [1.82, 2.24) is 10.6 Å². The van der Waals surface area contributed by atoms with Crippen LogP contribution in [0.5, 0.6) is 11.5 Å². The van der Waals surface area contributed by atoms with Crippen molar-refractivity contribution in [3.05, 3.63) is 29.8 Å². The summed E-state index contributed by atoms with van der Waals surface area (Å²) in [7, 11) is 0. The van der Waals surface area contributed by atoms with E-state index >= 15 is 0 Å². The Balaban J connectivity index is 1.35. The average molecular weight is 373 g/mol. The van der Waals surface area contributed by atoms with Crippen LogP contribution in [0.25, 0.3) is 0 Å². The number of fused-ring (bicyclic) bond motifs is 1. The van der Waals surface area contributed by atoms with Crippen molar-refractivity contribution in [3.63, 3.8) is 0 Å². The molecule has 0 fully saturated rings. The number of allylic oxidation sites excluding steroid dienone is 1. The van der Waals surface area contributed by atoms with Gasteiger partial charge in [-0.25, -0.2) is 0 Å². The van der Waals surface area contributed by atoms with Crippen LogP contribution in [0.3, 0.4) is 0 Å². The van der Waals surface area contributed by atoms with Crippen molar-refractivity contribution in [2.75, 3.05) is 25.2 Å². The number of amides is 3. The van der Waals surface area contributed by atoms with Gasteiger partial charge in [-0.15, -0.1) is 0 Å². The summed E-state index contributed by atoms with van der Waals surface area (Å²) in [4.78, 5) is 35.5. The maximum Gasteiger partial charge on any atom is 0.309 e. The van der Waals surface area contributed by atoms with Gasteiger partial charge in [0.05, 0.1) is 6.54 Å². The fraction of sp³-hybridized carbons (Fsp3) is 0.421. The van der Waals surface area contributed by atoms with Crippen LogP contribution in [0.15, 0.2) is 29.8 Å². The standard InChI is InChI=1S/C19H23N3O5/c23-17(22-14-6-7-15-16(10-14)27-12-26-15)11-21-19(25)18(24)20-9-8-13-4-2-1-3-5-13/h4,6-7,10H,1-3,5,8-9,11-12H2,(H,20,24)(H,21,25)(H,22,23). The third-order valence-corrected chi connectivity index (χ3v) is 4.39. The van der Waals surface area contributed by atoms with Gasteiger partial charge in [0.1, 0.15) is 0 Å². The lowest BCUT2D eigenvalue weighted by Gasteiger charge is -2.12. The molecule has 1 aromatic rings. The quantitative estimate of drug-likeness (QED) is 0.517. The third-order valence-electron chi connectivity index (χ3n) is 4.39. The molecule has 144 valence electrons. The highest BCUT2D eigenvalue weighted by molar-refractivity contribution is 6.35. The van der Waals surface area contributed by atoms with Gasteiger partial charge in [0.2, 0.25) is 12.7 Å². The molecule has 3 rings (SSSR count). The summed E-state index contributed by atoms with van der Waals surface area (Å²) in [5.41, 5.74) is 1.84. The zero-order valence-electron chi connectivity index (χ0n) is 15.0. The van der Waals surface area contributed by atoms with Gasteiger partial charge in [0.15, 0.2) is 11.5 Å². The summed E-state index contributed by atoms with van der Waals surface area (Å²) in [5, 5.41) is 7.51. The third kappa shape index (κ3) is 5.47.